The van der Waals surface area contributed by atoms with Crippen LogP contribution in [0.1, 0.15) is 0 Å². The van der Waals surface area contributed by atoms with Crippen molar-refractivity contribution < 1.29 is 44.9 Å². The van der Waals surface area contributed by atoms with Crippen LogP contribution in [0.5, 0.6) is 0 Å². The standard InChI is InChI=1S/2CH4O.CH3O.Na.H2S/c3*1-2;;/h2*2H,1H3;1H3;;1H2/q;;-1;+1;. The average Bonchev–Trinajstić information content (AvgIpc) is 1.81. The summed E-state index contributed by atoms with van der Waals surface area (Å²) in [5.74, 6) is 0. The van der Waals surface area contributed by atoms with Gasteiger partial charge in [0.25, 0.3) is 0 Å². The molecule has 2 N–H and O–H groups in total. The van der Waals surface area contributed by atoms with Crippen LogP contribution in [0.3, 0.4) is 0 Å². The van der Waals surface area contributed by atoms with Crippen LogP contribution in [0, 0.1) is 0 Å². The number of aliphatic hydroxyl groups excluding tert-OH is 2. The number of rotatable bonds is 0. The van der Waals surface area contributed by atoms with E-state index in [0.717, 1.165) is 21.3 Å². The van der Waals surface area contributed by atoms with Crippen LogP contribution in [-0.2, 0) is 0 Å². The van der Waals surface area contributed by atoms with E-state index >= 15 is 0 Å². The van der Waals surface area contributed by atoms with Gasteiger partial charge in [0.15, 0.2) is 0 Å². The van der Waals surface area contributed by atoms with E-state index in [2.05, 4.69) is 0 Å². The summed E-state index contributed by atoms with van der Waals surface area (Å²) in [6, 6.07) is 0. The van der Waals surface area contributed by atoms with Gasteiger partial charge in [-0.15, -0.1) is 0 Å². The summed E-state index contributed by atoms with van der Waals surface area (Å²) in [5, 5.41) is 22.2. The van der Waals surface area contributed by atoms with Crippen molar-refractivity contribution >= 4 is 13.5 Å². The van der Waals surface area contributed by atoms with Crippen molar-refractivity contribution in [3.05, 3.63) is 0 Å². The second-order valence-electron chi connectivity index (χ2n) is 0. The van der Waals surface area contributed by atoms with Gasteiger partial charge in [-0.3, -0.25) is 0 Å². The van der Waals surface area contributed by atoms with E-state index in [9.17, 15) is 0 Å². The normalized spacial score (nSPS) is 2.25. The van der Waals surface area contributed by atoms with Gasteiger partial charge in [0.05, 0.1) is 0 Å². The SMILES string of the molecule is CO.CO.C[O-].S.[Na+]. The zero-order valence-corrected chi connectivity index (χ0v) is 8.80. The first-order valence-corrected chi connectivity index (χ1v) is 1.30. The van der Waals surface area contributed by atoms with Crippen LogP contribution in [0.2, 0.25) is 0 Å². The predicted octanol–water partition coefficient (Wildman–Crippen LogP) is -4.69. The second-order valence-corrected chi connectivity index (χ2v) is 0. The fourth-order valence-electron chi connectivity index (χ4n) is 0. The first-order chi connectivity index (χ1) is 3.00. The molecule has 50 valence electrons. The molecule has 0 spiro atoms. The minimum Gasteiger partial charge on any atom is -0.857 e. The van der Waals surface area contributed by atoms with Crippen LogP contribution >= 0.6 is 13.5 Å². The zero-order valence-electron chi connectivity index (χ0n) is 5.80. The Morgan fingerprint density at radius 3 is 0.875 bits per heavy atom. The Hall–Kier alpha value is 1.23. The van der Waals surface area contributed by atoms with Gasteiger partial charge in [-0.1, -0.05) is 0 Å². The van der Waals surface area contributed by atoms with Gasteiger partial charge in [-0.25, -0.2) is 0 Å². The van der Waals surface area contributed by atoms with Crippen molar-refractivity contribution in [1.82, 2.24) is 0 Å². The smallest absolute Gasteiger partial charge is 0.857 e. The van der Waals surface area contributed by atoms with Crippen LogP contribution in [0.25, 0.3) is 0 Å². The Kier molecular flexibility index (Phi) is 1240. The molecule has 0 unspecified atom stereocenters. The summed E-state index contributed by atoms with van der Waals surface area (Å²) >= 11 is 0. The topological polar surface area (TPSA) is 63.5 Å². The molecule has 0 aliphatic rings. The molecule has 5 heteroatoms. The summed E-state index contributed by atoms with van der Waals surface area (Å²) in [6.07, 6.45) is 0. The van der Waals surface area contributed by atoms with Crippen LogP contribution in [0.4, 0.5) is 0 Å². The Labute approximate surface area is 79.5 Å². The fraction of sp³-hybridized carbons (Fsp3) is 1.00. The second kappa shape index (κ2) is 284. The van der Waals surface area contributed by atoms with Gasteiger partial charge in [-0.2, -0.15) is 20.6 Å². The minimum atomic E-state index is 0. The molecule has 0 rings (SSSR count). The average molecular weight is 152 g/mol. The molecule has 0 heterocycles. The van der Waals surface area contributed by atoms with Crippen LogP contribution in [0.15, 0.2) is 0 Å². The maximum atomic E-state index is 8.25. The van der Waals surface area contributed by atoms with Crippen molar-refractivity contribution in [1.29, 1.82) is 0 Å². The predicted molar refractivity (Wildman–Crippen MR) is 32.6 cm³/mol. The largest absolute Gasteiger partial charge is 1.00 e. The van der Waals surface area contributed by atoms with Crippen molar-refractivity contribution in [2.24, 2.45) is 0 Å². The van der Waals surface area contributed by atoms with E-state index in [4.69, 9.17) is 15.3 Å². The first-order valence-electron chi connectivity index (χ1n) is 1.30. The van der Waals surface area contributed by atoms with Crippen LogP contribution in [-0.4, -0.2) is 31.5 Å². The number of hydrogen-bond acceptors (Lipinski definition) is 3. The van der Waals surface area contributed by atoms with E-state index in [1.807, 2.05) is 0 Å². The first kappa shape index (κ1) is 34.9. The molecule has 0 aromatic carbocycles. The van der Waals surface area contributed by atoms with Crippen molar-refractivity contribution in [2.75, 3.05) is 21.3 Å². The minimum absolute atomic E-state index is 0. The maximum absolute atomic E-state index is 8.25. The van der Waals surface area contributed by atoms with E-state index in [1.165, 1.54) is 0 Å². The summed E-state index contributed by atoms with van der Waals surface area (Å²) in [5.41, 5.74) is 0. The molecule has 0 saturated heterocycles. The molecule has 0 saturated carbocycles. The monoisotopic (exact) mass is 152 g/mol. The quantitative estimate of drug-likeness (QED) is 0.343. The van der Waals surface area contributed by atoms with E-state index in [1.54, 1.807) is 0 Å². The fourth-order valence-corrected chi connectivity index (χ4v) is 0. The summed E-state index contributed by atoms with van der Waals surface area (Å²) < 4.78 is 0. The Morgan fingerprint density at radius 2 is 0.875 bits per heavy atom. The summed E-state index contributed by atoms with van der Waals surface area (Å²) in [6.45, 7) is 0. The van der Waals surface area contributed by atoms with Crippen molar-refractivity contribution in [2.45, 2.75) is 0 Å². The molecule has 0 aromatic rings. The van der Waals surface area contributed by atoms with Gasteiger partial charge >= 0.3 is 29.6 Å². The Balaban J connectivity index is -0.00000000500. The number of hydrogen-bond donors (Lipinski definition) is 2. The third kappa shape index (κ3) is 185. The summed E-state index contributed by atoms with van der Waals surface area (Å²) in [7, 11) is 2.75. The molecule has 8 heavy (non-hydrogen) atoms. The summed E-state index contributed by atoms with van der Waals surface area (Å²) in [4.78, 5) is 0. The van der Waals surface area contributed by atoms with Crippen molar-refractivity contribution in [3.63, 3.8) is 0 Å². The molecule has 0 aliphatic heterocycles. The Bertz CT molecular complexity index is 14.5. The van der Waals surface area contributed by atoms with Gasteiger partial charge in [0, 0.05) is 14.2 Å². The molecule has 0 fully saturated rings. The van der Waals surface area contributed by atoms with Crippen molar-refractivity contribution in [3.8, 4) is 0 Å². The van der Waals surface area contributed by atoms with E-state index in [0.29, 0.717) is 0 Å². The zero-order chi connectivity index (χ0) is 6.00. The van der Waals surface area contributed by atoms with Crippen LogP contribution < -0.4 is 34.7 Å². The van der Waals surface area contributed by atoms with Gasteiger partial charge < -0.3 is 15.3 Å². The molecule has 0 radical (unpaired) electrons. The van der Waals surface area contributed by atoms with E-state index in [-0.39, 0.29) is 43.1 Å². The maximum Gasteiger partial charge on any atom is 1.00 e. The third-order valence-electron chi connectivity index (χ3n) is 0. The molecule has 0 aliphatic carbocycles. The molecule has 3 nitrogen and oxygen atoms in total. The van der Waals surface area contributed by atoms with Gasteiger partial charge in [-0.05, 0) is 0 Å². The molecule has 0 amide bonds. The van der Waals surface area contributed by atoms with E-state index < -0.39 is 0 Å². The third-order valence-corrected chi connectivity index (χ3v) is 0. The Morgan fingerprint density at radius 1 is 0.875 bits per heavy atom. The molecule has 0 aromatic heterocycles. The molecule has 0 bridgehead atoms. The number of aliphatic hydroxyl groups is 2. The molecular weight excluding hydrogens is 139 g/mol. The van der Waals surface area contributed by atoms with Gasteiger partial charge in [0.2, 0.25) is 0 Å². The molecular formula is C3H13NaO3S. The molecule has 0 atom stereocenters. The van der Waals surface area contributed by atoms with Gasteiger partial charge in [0.1, 0.15) is 0 Å².